The lowest BCUT2D eigenvalue weighted by Crippen LogP contribution is -2.43. The number of hydrogen-bond acceptors (Lipinski definition) is 4. The SMILES string of the molecule is O=C(OC1(c2ccccc2)CCNCC1)c1cc(Cl)cc(Cl)c1O. The highest BCUT2D eigenvalue weighted by atomic mass is 35.5. The number of carbonyl (C=O) groups is 1. The largest absolute Gasteiger partial charge is 0.505 e. The molecule has 2 aromatic rings. The van der Waals surface area contributed by atoms with E-state index in [2.05, 4.69) is 5.32 Å². The first kappa shape index (κ1) is 17.1. The van der Waals surface area contributed by atoms with Gasteiger partial charge in [0, 0.05) is 17.9 Å². The first-order valence-electron chi connectivity index (χ1n) is 7.69. The van der Waals surface area contributed by atoms with Gasteiger partial charge in [0.2, 0.25) is 0 Å². The summed E-state index contributed by atoms with van der Waals surface area (Å²) in [7, 11) is 0. The molecule has 0 bridgehead atoms. The zero-order chi connectivity index (χ0) is 17.2. The lowest BCUT2D eigenvalue weighted by Gasteiger charge is -2.37. The molecule has 0 amide bonds. The van der Waals surface area contributed by atoms with Gasteiger partial charge in [-0.15, -0.1) is 0 Å². The van der Waals surface area contributed by atoms with Crippen LogP contribution in [0.1, 0.15) is 28.8 Å². The second-order valence-electron chi connectivity index (χ2n) is 5.78. The van der Waals surface area contributed by atoms with Crippen LogP contribution in [0.3, 0.4) is 0 Å². The van der Waals surface area contributed by atoms with Crippen molar-refractivity contribution in [1.82, 2.24) is 5.32 Å². The van der Waals surface area contributed by atoms with E-state index >= 15 is 0 Å². The van der Waals surface area contributed by atoms with Gasteiger partial charge in [0.15, 0.2) is 0 Å². The van der Waals surface area contributed by atoms with E-state index in [4.69, 9.17) is 27.9 Å². The van der Waals surface area contributed by atoms with E-state index in [1.165, 1.54) is 12.1 Å². The molecule has 126 valence electrons. The van der Waals surface area contributed by atoms with E-state index in [0.29, 0.717) is 12.8 Å². The van der Waals surface area contributed by atoms with Crippen LogP contribution < -0.4 is 5.32 Å². The van der Waals surface area contributed by atoms with Crippen LogP contribution in [-0.4, -0.2) is 24.2 Å². The molecular formula is C18H17Cl2NO3. The highest BCUT2D eigenvalue weighted by Crippen LogP contribution is 2.38. The fraction of sp³-hybridized carbons (Fsp3) is 0.278. The number of halogens is 2. The molecule has 0 radical (unpaired) electrons. The van der Waals surface area contributed by atoms with E-state index in [9.17, 15) is 9.90 Å². The molecule has 24 heavy (non-hydrogen) atoms. The van der Waals surface area contributed by atoms with Crippen LogP contribution in [0.2, 0.25) is 10.0 Å². The molecule has 1 aliphatic rings. The van der Waals surface area contributed by atoms with Gasteiger partial charge in [-0.1, -0.05) is 53.5 Å². The number of nitrogens with one attached hydrogen (secondary N) is 1. The average Bonchev–Trinajstić information content (AvgIpc) is 2.59. The van der Waals surface area contributed by atoms with Crippen molar-refractivity contribution in [2.24, 2.45) is 0 Å². The third kappa shape index (κ3) is 3.36. The lowest BCUT2D eigenvalue weighted by atomic mass is 9.84. The third-order valence-electron chi connectivity index (χ3n) is 4.25. The molecular weight excluding hydrogens is 349 g/mol. The molecule has 0 aromatic heterocycles. The highest BCUT2D eigenvalue weighted by Gasteiger charge is 2.38. The topological polar surface area (TPSA) is 58.6 Å². The Morgan fingerprint density at radius 3 is 2.46 bits per heavy atom. The van der Waals surface area contributed by atoms with Crippen molar-refractivity contribution < 1.29 is 14.6 Å². The number of phenolic OH excluding ortho intramolecular Hbond substituents is 1. The molecule has 2 N–H and O–H groups in total. The maximum absolute atomic E-state index is 12.7. The monoisotopic (exact) mass is 365 g/mol. The van der Waals surface area contributed by atoms with Gasteiger partial charge in [-0.3, -0.25) is 0 Å². The Morgan fingerprint density at radius 1 is 1.12 bits per heavy atom. The van der Waals surface area contributed by atoms with Crippen LogP contribution in [0.5, 0.6) is 5.75 Å². The van der Waals surface area contributed by atoms with Crippen molar-refractivity contribution in [3.8, 4) is 5.75 Å². The van der Waals surface area contributed by atoms with Crippen molar-refractivity contribution in [2.75, 3.05) is 13.1 Å². The van der Waals surface area contributed by atoms with E-state index in [-0.39, 0.29) is 21.4 Å². The molecule has 1 fully saturated rings. The maximum atomic E-state index is 12.7. The number of carbonyl (C=O) groups excluding carboxylic acids is 1. The van der Waals surface area contributed by atoms with Crippen LogP contribution in [-0.2, 0) is 10.3 Å². The van der Waals surface area contributed by atoms with Crippen molar-refractivity contribution in [3.05, 3.63) is 63.6 Å². The maximum Gasteiger partial charge on any atom is 0.342 e. The zero-order valence-corrected chi connectivity index (χ0v) is 14.4. The number of ether oxygens (including phenoxy) is 1. The summed E-state index contributed by atoms with van der Waals surface area (Å²) >= 11 is 11.9. The molecule has 4 nitrogen and oxygen atoms in total. The first-order chi connectivity index (χ1) is 11.5. The Morgan fingerprint density at radius 2 is 1.79 bits per heavy atom. The van der Waals surface area contributed by atoms with E-state index < -0.39 is 11.6 Å². The number of rotatable bonds is 3. The number of benzene rings is 2. The van der Waals surface area contributed by atoms with Gasteiger partial charge >= 0.3 is 5.97 Å². The number of piperidine rings is 1. The molecule has 2 aromatic carbocycles. The average molecular weight is 366 g/mol. The Kier molecular flexibility index (Phi) is 4.99. The van der Waals surface area contributed by atoms with Crippen LogP contribution in [0.4, 0.5) is 0 Å². The zero-order valence-electron chi connectivity index (χ0n) is 12.9. The molecule has 1 heterocycles. The highest BCUT2D eigenvalue weighted by molar-refractivity contribution is 6.36. The summed E-state index contributed by atoms with van der Waals surface area (Å²) in [4.78, 5) is 12.7. The molecule has 6 heteroatoms. The molecule has 0 unspecified atom stereocenters. The summed E-state index contributed by atoms with van der Waals surface area (Å²) in [5.41, 5.74) is 0.180. The fourth-order valence-corrected chi connectivity index (χ4v) is 3.47. The van der Waals surface area contributed by atoms with Crippen LogP contribution in [0.25, 0.3) is 0 Å². The summed E-state index contributed by atoms with van der Waals surface area (Å²) < 4.78 is 5.89. The number of hydrogen-bond donors (Lipinski definition) is 2. The van der Waals surface area contributed by atoms with E-state index in [1.807, 2.05) is 30.3 Å². The van der Waals surface area contributed by atoms with Crippen LogP contribution >= 0.6 is 23.2 Å². The van der Waals surface area contributed by atoms with Gasteiger partial charge in [0.05, 0.1) is 5.02 Å². The van der Waals surface area contributed by atoms with Gasteiger partial charge < -0.3 is 15.2 Å². The van der Waals surface area contributed by atoms with Gasteiger partial charge in [0.25, 0.3) is 0 Å². The van der Waals surface area contributed by atoms with Gasteiger partial charge in [-0.05, 0) is 30.8 Å². The molecule has 0 atom stereocenters. The number of esters is 1. The molecule has 1 saturated heterocycles. The lowest BCUT2D eigenvalue weighted by molar-refractivity contribution is -0.0380. The van der Waals surface area contributed by atoms with Gasteiger partial charge in [-0.25, -0.2) is 4.79 Å². The second-order valence-corrected chi connectivity index (χ2v) is 6.63. The third-order valence-corrected chi connectivity index (χ3v) is 4.75. The molecule has 0 spiro atoms. The summed E-state index contributed by atoms with van der Waals surface area (Å²) in [5, 5.41) is 13.6. The van der Waals surface area contributed by atoms with Gasteiger partial charge in [-0.2, -0.15) is 0 Å². The smallest absolute Gasteiger partial charge is 0.342 e. The van der Waals surface area contributed by atoms with Crippen molar-refractivity contribution in [1.29, 1.82) is 0 Å². The van der Waals surface area contributed by atoms with Crippen molar-refractivity contribution in [3.63, 3.8) is 0 Å². The standard InChI is InChI=1S/C18H17Cl2NO3/c19-13-10-14(16(22)15(20)11-13)17(23)24-18(6-8-21-9-7-18)12-4-2-1-3-5-12/h1-5,10-11,21-22H,6-9H2. The molecule has 0 saturated carbocycles. The van der Waals surface area contributed by atoms with E-state index in [1.54, 1.807) is 0 Å². The molecule has 1 aliphatic heterocycles. The first-order valence-corrected chi connectivity index (χ1v) is 8.45. The minimum atomic E-state index is -0.731. The number of phenols is 1. The van der Waals surface area contributed by atoms with Crippen molar-refractivity contribution in [2.45, 2.75) is 18.4 Å². The van der Waals surface area contributed by atoms with Crippen LogP contribution in [0, 0.1) is 0 Å². The summed E-state index contributed by atoms with van der Waals surface area (Å²) in [5.74, 6) is -0.953. The van der Waals surface area contributed by atoms with Gasteiger partial charge in [0.1, 0.15) is 16.9 Å². The summed E-state index contributed by atoms with van der Waals surface area (Å²) in [6.07, 6.45) is 1.30. The Bertz CT molecular complexity index is 743. The van der Waals surface area contributed by atoms with Crippen LogP contribution in [0.15, 0.2) is 42.5 Å². The quantitative estimate of drug-likeness (QED) is 0.802. The van der Waals surface area contributed by atoms with E-state index in [0.717, 1.165) is 18.7 Å². The molecule has 0 aliphatic carbocycles. The normalized spacial score (nSPS) is 16.6. The Balaban J connectivity index is 1.95. The minimum Gasteiger partial charge on any atom is -0.505 e. The second kappa shape index (κ2) is 7.01. The Hall–Kier alpha value is -1.75. The molecule has 3 rings (SSSR count). The predicted octanol–water partition coefficient (Wildman–Crippen LogP) is 4.13. The number of aromatic hydroxyl groups is 1. The fourth-order valence-electron chi connectivity index (χ4n) is 2.98. The summed E-state index contributed by atoms with van der Waals surface area (Å²) in [6.45, 7) is 1.48. The predicted molar refractivity (Wildman–Crippen MR) is 93.8 cm³/mol. The minimum absolute atomic E-state index is 0.0218. The summed E-state index contributed by atoms with van der Waals surface area (Å²) in [6, 6.07) is 12.4. The Labute approximate surface area is 150 Å². The van der Waals surface area contributed by atoms with Crippen molar-refractivity contribution >= 4 is 29.2 Å².